The molecule has 6 heteroatoms. The average Bonchev–Trinajstić information content (AvgIpc) is 3.03. The Balaban J connectivity index is 1.87. The van der Waals surface area contributed by atoms with Gasteiger partial charge in [0, 0.05) is 26.1 Å². The number of hydrogen-bond donors (Lipinski definition) is 0. The summed E-state index contributed by atoms with van der Waals surface area (Å²) in [7, 11) is 1.55. The number of aromatic nitrogens is 2. The van der Waals surface area contributed by atoms with Crippen LogP contribution in [0.1, 0.15) is 39.5 Å². The quantitative estimate of drug-likeness (QED) is 0.848. The largest absolute Gasteiger partial charge is 0.338 e. The van der Waals surface area contributed by atoms with Crippen LogP contribution in [0.4, 0.5) is 4.39 Å². The van der Waals surface area contributed by atoms with Gasteiger partial charge in [-0.25, -0.2) is 9.07 Å². The molecule has 0 bridgehead atoms. The third-order valence-electron chi connectivity index (χ3n) is 4.73. The summed E-state index contributed by atoms with van der Waals surface area (Å²) in [5, 5.41) is 4.11. The maximum absolute atomic E-state index is 13.4. The predicted octanol–water partition coefficient (Wildman–Crippen LogP) is 2.17. The van der Waals surface area contributed by atoms with Crippen molar-refractivity contribution in [1.82, 2.24) is 14.7 Å². The highest BCUT2D eigenvalue weighted by molar-refractivity contribution is 5.95. The Kier molecular flexibility index (Phi) is 4.22. The van der Waals surface area contributed by atoms with Gasteiger partial charge in [-0.2, -0.15) is 5.10 Å². The minimum absolute atomic E-state index is 0.0942. The number of halogens is 1. The van der Waals surface area contributed by atoms with Crippen LogP contribution in [0.25, 0.3) is 0 Å². The van der Waals surface area contributed by atoms with Crippen LogP contribution < -0.4 is 5.56 Å². The van der Waals surface area contributed by atoms with E-state index in [0.29, 0.717) is 24.3 Å². The highest BCUT2D eigenvalue weighted by Crippen LogP contribution is 2.28. The van der Waals surface area contributed by atoms with E-state index >= 15 is 0 Å². The molecular formula is C18H20FN3O2. The van der Waals surface area contributed by atoms with Crippen molar-refractivity contribution in [1.29, 1.82) is 0 Å². The van der Waals surface area contributed by atoms with Crippen molar-refractivity contribution in [2.75, 3.05) is 13.1 Å². The predicted molar refractivity (Wildman–Crippen MR) is 88.6 cm³/mol. The van der Waals surface area contributed by atoms with Crippen LogP contribution in [0.15, 0.2) is 29.1 Å². The molecule has 1 saturated heterocycles. The van der Waals surface area contributed by atoms with Gasteiger partial charge in [0.25, 0.3) is 11.5 Å². The lowest BCUT2D eigenvalue weighted by atomic mass is 9.98. The number of likely N-dealkylation sites (tertiary alicyclic amines) is 1. The maximum atomic E-state index is 13.4. The van der Waals surface area contributed by atoms with E-state index in [1.165, 1.54) is 16.8 Å². The van der Waals surface area contributed by atoms with Gasteiger partial charge in [0.2, 0.25) is 0 Å². The van der Waals surface area contributed by atoms with Crippen LogP contribution in [-0.2, 0) is 7.05 Å². The second-order valence-corrected chi connectivity index (χ2v) is 6.31. The van der Waals surface area contributed by atoms with Gasteiger partial charge in [-0.1, -0.05) is 12.1 Å². The summed E-state index contributed by atoms with van der Waals surface area (Å²) in [5.41, 5.74) is 1.99. The van der Waals surface area contributed by atoms with Gasteiger partial charge in [-0.05, 0) is 43.5 Å². The number of amides is 1. The fourth-order valence-corrected chi connectivity index (χ4v) is 3.24. The number of aryl methyl sites for hydroxylation is 2. The van der Waals surface area contributed by atoms with Gasteiger partial charge in [0.1, 0.15) is 11.4 Å². The molecule has 0 unspecified atom stereocenters. The molecule has 1 aromatic heterocycles. The SMILES string of the molecule is Cc1nn(C)c(=O)c(C(=O)N2CC[C@H](c3cccc(F)c3)C2)c1C. The van der Waals surface area contributed by atoms with Crippen LogP contribution in [-0.4, -0.2) is 33.7 Å². The molecule has 3 rings (SSSR count). The summed E-state index contributed by atoms with van der Waals surface area (Å²) in [4.78, 5) is 26.9. The van der Waals surface area contributed by atoms with Crippen LogP contribution in [0.2, 0.25) is 0 Å². The Bertz CT molecular complexity index is 860. The van der Waals surface area contributed by atoms with Crippen molar-refractivity contribution in [3.63, 3.8) is 0 Å². The number of carbonyl (C=O) groups is 1. The van der Waals surface area contributed by atoms with Crippen molar-refractivity contribution >= 4 is 5.91 Å². The summed E-state index contributed by atoms with van der Waals surface area (Å²) in [5.74, 6) is -0.444. The van der Waals surface area contributed by atoms with Crippen molar-refractivity contribution in [3.05, 3.63) is 62.8 Å². The van der Waals surface area contributed by atoms with Gasteiger partial charge in [-0.15, -0.1) is 0 Å². The number of nitrogens with zero attached hydrogens (tertiary/aromatic N) is 3. The average molecular weight is 329 g/mol. The minimum Gasteiger partial charge on any atom is -0.338 e. The van der Waals surface area contributed by atoms with Gasteiger partial charge in [0.05, 0.1) is 5.69 Å². The first kappa shape index (κ1) is 16.4. The standard InChI is InChI=1S/C18H20FN3O2/c1-11-12(2)20-21(3)17(23)16(11)18(24)22-8-7-14(10-22)13-5-4-6-15(19)9-13/h4-6,9,14H,7-8,10H2,1-3H3/t14-/m0/s1. The van der Waals surface area contributed by atoms with Gasteiger partial charge >= 0.3 is 0 Å². The zero-order valence-corrected chi connectivity index (χ0v) is 14.0. The summed E-state index contributed by atoms with van der Waals surface area (Å²) >= 11 is 0. The van der Waals surface area contributed by atoms with E-state index < -0.39 is 0 Å². The van der Waals surface area contributed by atoms with Crippen molar-refractivity contribution in [3.8, 4) is 0 Å². The molecule has 1 aliphatic heterocycles. The maximum Gasteiger partial charge on any atom is 0.279 e. The lowest BCUT2D eigenvalue weighted by Gasteiger charge is -2.18. The highest BCUT2D eigenvalue weighted by atomic mass is 19.1. The molecule has 0 N–H and O–H groups in total. The third-order valence-corrected chi connectivity index (χ3v) is 4.73. The fourth-order valence-electron chi connectivity index (χ4n) is 3.24. The van der Waals surface area contributed by atoms with Crippen LogP contribution in [0.5, 0.6) is 0 Å². The Hall–Kier alpha value is -2.50. The normalized spacial score (nSPS) is 17.3. The number of rotatable bonds is 2. The zero-order chi connectivity index (χ0) is 17.4. The monoisotopic (exact) mass is 329 g/mol. The van der Waals surface area contributed by atoms with E-state index in [2.05, 4.69) is 5.10 Å². The summed E-state index contributed by atoms with van der Waals surface area (Å²) in [6.07, 6.45) is 0.763. The van der Waals surface area contributed by atoms with Crippen LogP contribution >= 0.6 is 0 Å². The Morgan fingerprint density at radius 1 is 1.33 bits per heavy atom. The summed E-state index contributed by atoms with van der Waals surface area (Å²) < 4.78 is 14.6. The first-order chi connectivity index (χ1) is 11.4. The van der Waals surface area contributed by atoms with E-state index in [1.54, 1.807) is 31.9 Å². The lowest BCUT2D eigenvalue weighted by Crippen LogP contribution is -2.37. The molecule has 5 nitrogen and oxygen atoms in total. The fraction of sp³-hybridized carbons (Fsp3) is 0.389. The Labute approximate surface area is 139 Å². The molecule has 1 fully saturated rings. The first-order valence-corrected chi connectivity index (χ1v) is 7.97. The molecule has 24 heavy (non-hydrogen) atoms. The molecule has 2 aromatic rings. The molecule has 2 heterocycles. The van der Waals surface area contributed by atoms with Crippen molar-refractivity contribution in [2.24, 2.45) is 7.05 Å². The molecular weight excluding hydrogens is 309 g/mol. The Morgan fingerprint density at radius 2 is 2.08 bits per heavy atom. The lowest BCUT2D eigenvalue weighted by molar-refractivity contribution is 0.0787. The molecule has 1 atom stereocenters. The van der Waals surface area contributed by atoms with E-state index in [1.807, 2.05) is 6.07 Å². The molecule has 1 aromatic carbocycles. The highest BCUT2D eigenvalue weighted by Gasteiger charge is 2.31. The van der Waals surface area contributed by atoms with Crippen LogP contribution in [0, 0.1) is 19.7 Å². The zero-order valence-electron chi connectivity index (χ0n) is 14.0. The molecule has 0 saturated carbocycles. The van der Waals surface area contributed by atoms with E-state index in [-0.39, 0.29) is 28.8 Å². The van der Waals surface area contributed by atoms with Gasteiger partial charge < -0.3 is 4.90 Å². The van der Waals surface area contributed by atoms with Gasteiger partial charge in [-0.3, -0.25) is 9.59 Å². The summed E-state index contributed by atoms with van der Waals surface area (Å²) in [6, 6.07) is 6.48. The Morgan fingerprint density at radius 3 is 2.79 bits per heavy atom. The second kappa shape index (κ2) is 6.19. The van der Waals surface area contributed by atoms with Crippen molar-refractivity contribution < 1.29 is 9.18 Å². The van der Waals surface area contributed by atoms with Crippen LogP contribution in [0.3, 0.4) is 0 Å². The smallest absolute Gasteiger partial charge is 0.279 e. The molecule has 126 valence electrons. The molecule has 0 radical (unpaired) electrons. The topological polar surface area (TPSA) is 55.2 Å². The molecule has 0 spiro atoms. The molecule has 1 aliphatic rings. The number of benzene rings is 1. The summed E-state index contributed by atoms with van der Waals surface area (Å²) in [6.45, 7) is 4.58. The van der Waals surface area contributed by atoms with Gasteiger partial charge in [0.15, 0.2) is 0 Å². The molecule has 0 aliphatic carbocycles. The van der Waals surface area contributed by atoms with Crippen molar-refractivity contribution in [2.45, 2.75) is 26.2 Å². The van der Waals surface area contributed by atoms with E-state index in [4.69, 9.17) is 0 Å². The first-order valence-electron chi connectivity index (χ1n) is 7.97. The number of carbonyl (C=O) groups excluding carboxylic acids is 1. The number of hydrogen-bond acceptors (Lipinski definition) is 3. The minimum atomic E-state index is -0.377. The van der Waals surface area contributed by atoms with E-state index in [0.717, 1.165) is 12.0 Å². The second-order valence-electron chi connectivity index (χ2n) is 6.31. The van der Waals surface area contributed by atoms with E-state index in [9.17, 15) is 14.0 Å². The molecule has 1 amide bonds. The third kappa shape index (κ3) is 2.84.